The van der Waals surface area contributed by atoms with Gasteiger partial charge in [-0.1, -0.05) is 23.3 Å². The Kier molecular flexibility index (Phi) is 3.19. The topological polar surface area (TPSA) is 88.7 Å². The van der Waals surface area contributed by atoms with Crippen LogP contribution in [0.2, 0.25) is 0 Å². The predicted molar refractivity (Wildman–Crippen MR) is 76.2 cm³/mol. The Labute approximate surface area is 134 Å². The highest BCUT2D eigenvalue weighted by Gasteiger charge is 2.57. The summed E-state index contributed by atoms with van der Waals surface area (Å²) in [6.07, 6.45) is -2.87. The van der Waals surface area contributed by atoms with Crippen molar-refractivity contribution in [3.05, 3.63) is 35.7 Å². The number of hydrogen-bond acceptors (Lipinski definition) is 6. The van der Waals surface area contributed by atoms with Crippen LogP contribution in [0.4, 0.5) is 14.8 Å². The number of benzene rings is 1. The molecule has 0 bridgehead atoms. The van der Waals surface area contributed by atoms with E-state index < -0.39 is 23.7 Å². The molecule has 2 aliphatic heterocycles. The fraction of sp³-hybridized carbons (Fsp3) is 0.400. The number of alkyl halides is 2. The Morgan fingerprint density at radius 2 is 2.17 bits per heavy atom. The zero-order valence-corrected chi connectivity index (χ0v) is 12.4. The molecule has 1 saturated heterocycles. The van der Waals surface area contributed by atoms with Crippen LogP contribution in [0.25, 0.3) is 0 Å². The summed E-state index contributed by atoms with van der Waals surface area (Å²) in [5.41, 5.74) is -0.407. The summed E-state index contributed by atoms with van der Waals surface area (Å²) < 4.78 is 35.9. The minimum atomic E-state index is -2.87. The Morgan fingerprint density at radius 1 is 1.38 bits per heavy atom. The first kappa shape index (κ1) is 14.9. The Morgan fingerprint density at radius 3 is 2.88 bits per heavy atom. The molecule has 7 nitrogen and oxygen atoms in total. The number of ether oxygens (including phenoxy) is 1. The van der Waals surface area contributed by atoms with Gasteiger partial charge in [0, 0.05) is 24.6 Å². The van der Waals surface area contributed by atoms with Crippen LogP contribution in [0.3, 0.4) is 0 Å². The first-order valence-corrected chi connectivity index (χ1v) is 7.33. The van der Waals surface area contributed by atoms with E-state index in [1.165, 1.54) is 4.90 Å². The van der Waals surface area contributed by atoms with Gasteiger partial charge in [0.25, 0.3) is 5.89 Å². The molecule has 0 radical (unpaired) electrons. The van der Waals surface area contributed by atoms with Gasteiger partial charge in [-0.25, -0.2) is 0 Å². The van der Waals surface area contributed by atoms with Crippen molar-refractivity contribution in [1.82, 2.24) is 10.2 Å². The number of carbonyl (C=O) groups is 1. The second-order valence-corrected chi connectivity index (χ2v) is 5.94. The lowest BCUT2D eigenvalue weighted by molar-refractivity contribution is -0.151. The number of anilines is 1. The van der Waals surface area contributed by atoms with E-state index in [2.05, 4.69) is 10.2 Å². The lowest BCUT2D eigenvalue weighted by Gasteiger charge is -2.35. The molecule has 9 heteroatoms. The van der Waals surface area contributed by atoms with E-state index in [1.54, 1.807) is 6.07 Å². The van der Waals surface area contributed by atoms with Crippen molar-refractivity contribution < 1.29 is 27.8 Å². The van der Waals surface area contributed by atoms with E-state index >= 15 is 0 Å². The lowest BCUT2D eigenvalue weighted by atomic mass is 9.73. The average Bonchev–Trinajstić information content (AvgIpc) is 3.20. The van der Waals surface area contributed by atoms with Crippen molar-refractivity contribution in [2.75, 3.05) is 24.6 Å². The number of para-hydroxylation sites is 1. The first-order chi connectivity index (χ1) is 11.5. The molecular formula is C15H13F2N3O4. The summed E-state index contributed by atoms with van der Waals surface area (Å²) >= 11 is 0. The van der Waals surface area contributed by atoms with Crippen LogP contribution < -0.4 is 9.64 Å². The van der Waals surface area contributed by atoms with E-state index in [1.807, 2.05) is 18.2 Å². The van der Waals surface area contributed by atoms with Gasteiger partial charge >= 0.3 is 18.4 Å². The predicted octanol–water partition coefficient (Wildman–Crippen LogP) is 2.07. The molecule has 0 spiro atoms. The van der Waals surface area contributed by atoms with Crippen LogP contribution in [0.1, 0.15) is 23.8 Å². The number of carboxylic acids is 1. The third kappa shape index (κ3) is 2.04. The quantitative estimate of drug-likeness (QED) is 0.917. The minimum absolute atomic E-state index is 0.00362. The summed E-state index contributed by atoms with van der Waals surface area (Å²) in [7, 11) is 0. The maximum absolute atomic E-state index is 12.6. The maximum atomic E-state index is 12.6. The molecule has 0 unspecified atom stereocenters. The van der Waals surface area contributed by atoms with E-state index in [0.717, 1.165) is 5.56 Å². The molecule has 1 N–H and O–H groups in total. The molecule has 1 fully saturated rings. The number of fused-ring (bicyclic) bond motifs is 3. The molecule has 2 aromatic rings. The molecule has 1 aromatic heterocycles. The molecule has 2 aliphatic rings. The molecule has 24 heavy (non-hydrogen) atoms. The highest BCUT2D eigenvalue weighted by molar-refractivity contribution is 5.79. The number of aromatic nitrogens is 2. The number of rotatable bonds is 3. The molecular weight excluding hydrogens is 324 g/mol. The summed E-state index contributed by atoms with van der Waals surface area (Å²) in [4.78, 5) is 13.5. The van der Waals surface area contributed by atoms with Crippen LogP contribution in [-0.2, 0) is 4.79 Å². The molecule has 0 aliphatic carbocycles. The van der Waals surface area contributed by atoms with E-state index in [-0.39, 0.29) is 31.6 Å². The number of hydrogen-bond donors (Lipinski definition) is 1. The standard InChI is InChI=1S/C15H13F2N3O4/c16-11(17)12-18-19-14(24-12)20-5-9-8-3-1-2-4-10(8)23-7-15(9,6-20)13(21)22/h1-4,9,11H,5-7H2,(H,21,22)/t9-,15-/m0/s1. The van der Waals surface area contributed by atoms with Gasteiger partial charge in [-0.05, 0) is 6.07 Å². The van der Waals surface area contributed by atoms with Gasteiger partial charge in [-0.2, -0.15) is 8.78 Å². The minimum Gasteiger partial charge on any atom is -0.492 e. The van der Waals surface area contributed by atoms with Crippen molar-refractivity contribution in [2.45, 2.75) is 12.3 Å². The Hall–Kier alpha value is -2.71. The number of halogens is 2. The van der Waals surface area contributed by atoms with Gasteiger partial charge in [-0.3, -0.25) is 4.79 Å². The number of carboxylic acid groups (broad SMARTS) is 1. The molecule has 0 saturated carbocycles. The van der Waals surface area contributed by atoms with Crippen LogP contribution >= 0.6 is 0 Å². The third-order valence-electron chi connectivity index (χ3n) is 4.64. The summed E-state index contributed by atoms with van der Waals surface area (Å²) in [5.74, 6) is -1.50. The molecule has 126 valence electrons. The van der Waals surface area contributed by atoms with Gasteiger partial charge in [0.2, 0.25) is 0 Å². The van der Waals surface area contributed by atoms with E-state index in [0.29, 0.717) is 5.75 Å². The summed E-state index contributed by atoms with van der Waals surface area (Å²) in [6.45, 7) is 0.320. The second kappa shape index (κ2) is 5.15. The number of nitrogens with zero attached hydrogens (tertiary/aromatic N) is 3. The highest BCUT2D eigenvalue weighted by Crippen LogP contribution is 2.50. The molecule has 4 rings (SSSR count). The average molecular weight is 337 g/mol. The highest BCUT2D eigenvalue weighted by atomic mass is 19.3. The van der Waals surface area contributed by atoms with Gasteiger partial charge in [-0.15, -0.1) is 5.10 Å². The number of aliphatic carboxylic acids is 1. The fourth-order valence-electron chi connectivity index (χ4n) is 3.43. The van der Waals surface area contributed by atoms with Crippen molar-refractivity contribution in [1.29, 1.82) is 0 Å². The molecule has 1 aromatic carbocycles. The van der Waals surface area contributed by atoms with Gasteiger partial charge in [0.1, 0.15) is 17.8 Å². The van der Waals surface area contributed by atoms with Crippen LogP contribution in [-0.4, -0.2) is 41.0 Å². The van der Waals surface area contributed by atoms with Gasteiger partial charge < -0.3 is 19.2 Å². The molecule has 2 atom stereocenters. The van der Waals surface area contributed by atoms with Gasteiger partial charge in [0.05, 0.1) is 0 Å². The smallest absolute Gasteiger partial charge is 0.318 e. The van der Waals surface area contributed by atoms with Crippen molar-refractivity contribution >= 4 is 12.0 Å². The Balaban J connectivity index is 1.72. The normalized spacial score (nSPS) is 25.3. The largest absolute Gasteiger partial charge is 0.492 e. The lowest BCUT2D eigenvalue weighted by Crippen LogP contribution is -2.45. The van der Waals surface area contributed by atoms with Gasteiger partial charge in [0.15, 0.2) is 0 Å². The SMILES string of the molecule is O=C(O)[C@@]12COc3ccccc3[C@@H]1CN(c1nnc(C(F)F)o1)C2. The Bertz CT molecular complexity index is 797. The zero-order chi connectivity index (χ0) is 16.9. The van der Waals surface area contributed by atoms with Crippen molar-refractivity contribution in [3.8, 4) is 5.75 Å². The monoisotopic (exact) mass is 337 g/mol. The van der Waals surface area contributed by atoms with Crippen LogP contribution in [0.15, 0.2) is 28.7 Å². The second-order valence-electron chi connectivity index (χ2n) is 5.94. The molecule has 3 heterocycles. The van der Waals surface area contributed by atoms with E-state index in [4.69, 9.17) is 9.15 Å². The van der Waals surface area contributed by atoms with Crippen molar-refractivity contribution in [3.63, 3.8) is 0 Å². The summed E-state index contributed by atoms with van der Waals surface area (Å²) in [6, 6.07) is 7.12. The van der Waals surface area contributed by atoms with Crippen LogP contribution in [0, 0.1) is 5.41 Å². The van der Waals surface area contributed by atoms with Crippen LogP contribution in [0.5, 0.6) is 5.75 Å². The summed E-state index contributed by atoms with van der Waals surface area (Å²) in [5, 5.41) is 16.7. The zero-order valence-electron chi connectivity index (χ0n) is 12.4. The molecule has 0 amide bonds. The third-order valence-corrected chi connectivity index (χ3v) is 4.64. The van der Waals surface area contributed by atoms with Crippen molar-refractivity contribution in [2.24, 2.45) is 5.41 Å². The first-order valence-electron chi connectivity index (χ1n) is 7.33. The maximum Gasteiger partial charge on any atom is 0.318 e. The fourth-order valence-corrected chi connectivity index (χ4v) is 3.43. The van der Waals surface area contributed by atoms with E-state index in [9.17, 15) is 18.7 Å².